The van der Waals surface area contributed by atoms with Gasteiger partial charge < -0.3 is 18.9 Å². The molecule has 0 bridgehead atoms. The van der Waals surface area contributed by atoms with E-state index in [1.54, 1.807) is 18.2 Å². The van der Waals surface area contributed by atoms with E-state index in [0.29, 0.717) is 31.3 Å². The Morgan fingerprint density at radius 3 is 2.88 bits per heavy atom. The number of carbonyl (C=O) groups is 1. The summed E-state index contributed by atoms with van der Waals surface area (Å²) < 4.78 is 12.0. The molecule has 1 amide bonds. The minimum absolute atomic E-state index is 0.0404. The number of hydrogen-bond acceptors (Lipinski definition) is 4. The molecule has 0 spiro atoms. The first-order valence-corrected chi connectivity index (χ1v) is 8.02. The van der Waals surface area contributed by atoms with E-state index in [1.807, 2.05) is 35.0 Å². The third-order valence-corrected chi connectivity index (χ3v) is 3.80. The molecule has 0 aliphatic carbocycles. The van der Waals surface area contributed by atoms with Crippen LogP contribution >= 0.6 is 11.6 Å². The van der Waals surface area contributed by atoms with Crippen LogP contribution < -0.4 is 0 Å². The van der Waals surface area contributed by atoms with E-state index in [-0.39, 0.29) is 12.5 Å². The SMILES string of the molecule is COCCN(Cc1nccn1Cc1cccc(Cl)c1)C(=O)COC. The predicted octanol–water partition coefficient (Wildman–Crippen LogP) is 2.21. The van der Waals surface area contributed by atoms with Crippen molar-refractivity contribution in [2.75, 3.05) is 34.0 Å². The Labute approximate surface area is 146 Å². The van der Waals surface area contributed by atoms with Crippen LogP contribution in [-0.2, 0) is 27.4 Å². The molecule has 0 unspecified atom stereocenters. The van der Waals surface area contributed by atoms with Gasteiger partial charge in [-0.1, -0.05) is 23.7 Å². The van der Waals surface area contributed by atoms with Gasteiger partial charge in [-0.2, -0.15) is 0 Å². The molecule has 1 aromatic carbocycles. The molecule has 1 heterocycles. The highest BCUT2D eigenvalue weighted by Gasteiger charge is 2.16. The smallest absolute Gasteiger partial charge is 0.249 e. The lowest BCUT2D eigenvalue weighted by atomic mass is 10.2. The number of imidazole rings is 1. The van der Waals surface area contributed by atoms with E-state index in [1.165, 1.54) is 7.11 Å². The van der Waals surface area contributed by atoms with Crippen LogP contribution in [0.25, 0.3) is 0 Å². The number of aromatic nitrogens is 2. The fraction of sp³-hybridized carbons (Fsp3) is 0.412. The largest absolute Gasteiger partial charge is 0.383 e. The fourth-order valence-electron chi connectivity index (χ4n) is 2.35. The van der Waals surface area contributed by atoms with Gasteiger partial charge in [0.05, 0.1) is 13.2 Å². The standard InChI is InChI=1S/C17H22ClN3O3/c1-23-9-8-21(17(22)13-24-2)12-16-19-6-7-20(16)11-14-4-3-5-15(18)10-14/h3-7,10H,8-9,11-13H2,1-2H3. The third kappa shape index (κ3) is 5.33. The second-order valence-electron chi connectivity index (χ2n) is 5.34. The fourth-order valence-corrected chi connectivity index (χ4v) is 2.56. The minimum Gasteiger partial charge on any atom is -0.383 e. The van der Waals surface area contributed by atoms with E-state index in [4.69, 9.17) is 21.1 Å². The molecule has 0 saturated carbocycles. The molecule has 0 N–H and O–H groups in total. The summed E-state index contributed by atoms with van der Waals surface area (Å²) in [4.78, 5) is 18.2. The number of methoxy groups -OCH3 is 2. The molecule has 1 aromatic heterocycles. The van der Waals surface area contributed by atoms with Crippen molar-refractivity contribution in [1.82, 2.24) is 14.5 Å². The van der Waals surface area contributed by atoms with Gasteiger partial charge >= 0.3 is 0 Å². The van der Waals surface area contributed by atoms with Crippen LogP contribution in [-0.4, -0.2) is 54.3 Å². The van der Waals surface area contributed by atoms with E-state index in [2.05, 4.69) is 4.98 Å². The topological polar surface area (TPSA) is 56.6 Å². The van der Waals surface area contributed by atoms with Gasteiger partial charge in [0.25, 0.3) is 0 Å². The summed E-state index contributed by atoms with van der Waals surface area (Å²) in [5.41, 5.74) is 1.08. The maximum Gasteiger partial charge on any atom is 0.249 e. The highest BCUT2D eigenvalue weighted by atomic mass is 35.5. The normalized spacial score (nSPS) is 10.8. The molecule has 0 saturated heterocycles. The highest BCUT2D eigenvalue weighted by molar-refractivity contribution is 6.30. The summed E-state index contributed by atoms with van der Waals surface area (Å²) in [6.45, 7) is 2.04. The van der Waals surface area contributed by atoms with Crippen LogP contribution in [0.15, 0.2) is 36.7 Å². The average Bonchev–Trinajstić information content (AvgIpc) is 2.98. The number of benzene rings is 1. The number of hydrogen-bond donors (Lipinski definition) is 0. The number of nitrogens with zero attached hydrogens (tertiary/aromatic N) is 3. The summed E-state index contributed by atoms with van der Waals surface area (Å²) in [5.74, 6) is 0.711. The van der Waals surface area contributed by atoms with E-state index >= 15 is 0 Å². The summed E-state index contributed by atoms with van der Waals surface area (Å²) in [6, 6.07) is 7.69. The Kier molecular flexibility index (Phi) is 7.24. The van der Waals surface area contributed by atoms with Crippen LogP contribution in [0, 0.1) is 0 Å². The Hall–Kier alpha value is -1.89. The molecule has 0 aliphatic rings. The van der Waals surface area contributed by atoms with Crippen molar-refractivity contribution in [2.45, 2.75) is 13.1 Å². The van der Waals surface area contributed by atoms with Crippen LogP contribution in [0.3, 0.4) is 0 Å². The van der Waals surface area contributed by atoms with Crippen molar-refractivity contribution in [1.29, 1.82) is 0 Å². The van der Waals surface area contributed by atoms with E-state index in [9.17, 15) is 4.79 Å². The molecule has 0 radical (unpaired) electrons. The molecule has 0 atom stereocenters. The lowest BCUT2D eigenvalue weighted by Gasteiger charge is -2.22. The second-order valence-corrected chi connectivity index (χ2v) is 5.78. The Morgan fingerprint density at radius 2 is 2.17 bits per heavy atom. The first-order valence-electron chi connectivity index (χ1n) is 7.64. The summed E-state index contributed by atoms with van der Waals surface area (Å²) in [6.07, 6.45) is 3.63. The van der Waals surface area contributed by atoms with Gasteiger partial charge in [-0.05, 0) is 17.7 Å². The quantitative estimate of drug-likeness (QED) is 0.695. The maximum absolute atomic E-state index is 12.2. The predicted molar refractivity (Wildman–Crippen MR) is 92.0 cm³/mol. The van der Waals surface area contributed by atoms with Crippen molar-refractivity contribution >= 4 is 17.5 Å². The Balaban J connectivity index is 2.10. The lowest BCUT2D eigenvalue weighted by molar-refractivity contribution is -0.136. The molecule has 0 fully saturated rings. The molecule has 6 nitrogen and oxygen atoms in total. The molecular weight excluding hydrogens is 330 g/mol. The van der Waals surface area contributed by atoms with Gasteiger partial charge in [-0.3, -0.25) is 4.79 Å². The van der Waals surface area contributed by atoms with Crippen molar-refractivity contribution in [3.63, 3.8) is 0 Å². The molecule has 24 heavy (non-hydrogen) atoms. The van der Waals surface area contributed by atoms with Gasteiger partial charge in [0.15, 0.2) is 0 Å². The minimum atomic E-state index is -0.0909. The van der Waals surface area contributed by atoms with Crippen molar-refractivity contribution in [2.24, 2.45) is 0 Å². The van der Waals surface area contributed by atoms with Crippen LogP contribution in [0.5, 0.6) is 0 Å². The number of rotatable bonds is 9. The monoisotopic (exact) mass is 351 g/mol. The number of carbonyl (C=O) groups excluding carboxylic acids is 1. The summed E-state index contributed by atoms with van der Waals surface area (Å²) >= 11 is 6.04. The molecule has 2 aromatic rings. The Morgan fingerprint density at radius 1 is 1.33 bits per heavy atom. The third-order valence-electron chi connectivity index (χ3n) is 3.56. The molecule has 7 heteroatoms. The molecular formula is C17H22ClN3O3. The zero-order chi connectivity index (χ0) is 17.4. The average molecular weight is 352 g/mol. The van der Waals surface area contributed by atoms with Crippen LogP contribution in [0.4, 0.5) is 0 Å². The molecule has 0 aliphatic heterocycles. The first-order chi connectivity index (χ1) is 11.6. The Bertz CT molecular complexity index is 660. The van der Waals surface area contributed by atoms with Gasteiger partial charge in [0, 0.05) is 44.7 Å². The van der Waals surface area contributed by atoms with Gasteiger partial charge in [-0.25, -0.2) is 4.98 Å². The van der Waals surface area contributed by atoms with Crippen molar-refractivity contribution in [3.8, 4) is 0 Å². The van der Waals surface area contributed by atoms with E-state index < -0.39 is 0 Å². The maximum atomic E-state index is 12.2. The second kappa shape index (κ2) is 9.42. The van der Waals surface area contributed by atoms with Crippen molar-refractivity contribution < 1.29 is 14.3 Å². The summed E-state index contributed by atoms with van der Waals surface area (Å²) in [5, 5.41) is 0.700. The number of halogens is 1. The lowest BCUT2D eigenvalue weighted by Crippen LogP contribution is -2.36. The zero-order valence-electron chi connectivity index (χ0n) is 13.9. The van der Waals surface area contributed by atoms with E-state index in [0.717, 1.165) is 11.4 Å². The van der Waals surface area contributed by atoms with Crippen LogP contribution in [0.1, 0.15) is 11.4 Å². The van der Waals surface area contributed by atoms with Gasteiger partial charge in [-0.15, -0.1) is 0 Å². The zero-order valence-corrected chi connectivity index (χ0v) is 14.7. The van der Waals surface area contributed by atoms with Gasteiger partial charge in [0.2, 0.25) is 5.91 Å². The highest BCUT2D eigenvalue weighted by Crippen LogP contribution is 2.13. The van der Waals surface area contributed by atoms with Crippen molar-refractivity contribution in [3.05, 3.63) is 53.1 Å². The molecule has 130 valence electrons. The molecule has 2 rings (SSSR count). The van der Waals surface area contributed by atoms with Crippen LogP contribution in [0.2, 0.25) is 5.02 Å². The number of ether oxygens (including phenoxy) is 2. The first kappa shape index (κ1) is 18.4. The summed E-state index contributed by atoms with van der Waals surface area (Å²) in [7, 11) is 3.12. The van der Waals surface area contributed by atoms with Gasteiger partial charge in [0.1, 0.15) is 12.4 Å². The number of amides is 1.